The molecule has 1 saturated carbocycles. The molecule has 0 aliphatic heterocycles. The third kappa shape index (κ3) is 8.62. The van der Waals surface area contributed by atoms with Gasteiger partial charge >= 0.3 is 0 Å². The number of nitrogens with one attached hydrogen (secondary N) is 1. The van der Waals surface area contributed by atoms with Crippen LogP contribution in [0.3, 0.4) is 0 Å². The fourth-order valence-electron chi connectivity index (χ4n) is 4.85. The summed E-state index contributed by atoms with van der Waals surface area (Å²) in [6.45, 7) is 5.90. The first-order valence-electron chi connectivity index (χ1n) is 13.6. The van der Waals surface area contributed by atoms with E-state index in [-0.39, 0.29) is 12.1 Å². The Bertz CT molecular complexity index is 1250. The molecule has 0 spiro atoms. The predicted octanol–water partition coefficient (Wildman–Crippen LogP) is 7.07. The van der Waals surface area contributed by atoms with E-state index in [0.29, 0.717) is 47.9 Å². The van der Waals surface area contributed by atoms with Crippen LogP contribution in [0.15, 0.2) is 67.3 Å². The molecule has 3 aromatic carbocycles. The van der Waals surface area contributed by atoms with Gasteiger partial charge in [0, 0.05) is 37.4 Å². The first-order valence-corrected chi connectivity index (χ1v) is 14.7. The third-order valence-electron chi connectivity index (χ3n) is 7.11. The maximum absolute atomic E-state index is 6.45. The summed E-state index contributed by atoms with van der Waals surface area (Å²) in [5.74, 6) is 1.63. The van der Waals surface area contributed by atoms with E-state index >= 15 is 0 Å². The molecule has 8 heteroatoms. The molecule has 0 saturated heterocycles. The Balaban J connectivity index is 1.19. The maximum atomic E-state index is 6.45. The van der Waals surface area contributed by atoms with Crippen LogP contribution in [0.1, 0.15) is 28.7 Å². The highest BCUT2D eigenvalue weighted by molar-refractivity contribution is 6.37. The fourth-order valence-corrected chi connectivity index (χ4v) is 5.68. The normalized spacial score (nSPS) is 18.0. The number of benzene rings is 3. The molecule has 4 rings (SSSR count). The predicted molar refractivity (Wildman–Crippen MR) is 165 cm³/mol. The standard InChI is InChI=1S/C32H37Cl3N2O3/c1-3-5-23-18-28(34)32(29(35)19-23)40-15-14-39-25-10-7-22(8-11-25)17-26-30(36)31(26)37-20-24-16-21(6-4-13-38-2)9-12-27(24)33/h3,7-12,16,18-19,26,30-31,37H,1,4-6,13-15,17,20,36H2,2H3. The minimum Gasteiger partial charge on any atom is -0.490 e. The Hall–Kier alpha value is -2.25. The average molecular weight is 604 g/mol. The molecular weight excluding hydrogens is 567 g/mol. The summed E-state index contributed by atoms with van der Waals surface area (Å²) < 4.78 is 16.8. The number of nitrogens with two attached hydrogens (primary N) is 1. The lowest BCUT2D eigenvalue weighted by Gasteiger charge is -2.12. The van der Waals surface area contributed by atoms with E-state index in [9.17, 15) is 0 Å². The van der Waals surface area contributed by atoms with Crippen molar-refractivity contribution in [3.05, 3.63) is 105 Å². The molecule has 0 bridgehead atoms. The van der Waals surface area contributed by atoms with Crippen LogP contribution in [0.25, 0.3) is 0 Å². The van der Waals surface area contributed by atoms with E-state index < -0.39 is 0 Å². The van der Waals surface area contributed by atoms with Crippen molar-refractivity contribution in [3.63, 3.8) is 0 Å². The van der Waals surface area contributed by atoms with Gasteiger partial charge in [0.25, 0.3) is 0 Å². The summed E-state index contributed by atoms with van der Waals surface area (Å²) in [5, 5.41) is 5.35. The van der Waals surface area contributed by atoms with Gasteiger partial charge in [0.15, 0.2) is 5.75 Å². The highest BCUT2D eigenvalue weighted by Gasteiger charge is 2.46. The average Bonchev–Trinajstić information content (AvgIpc) is 3.55. The number of hydrogen-bond acceptors (Lipinski definition) is 5. The second-order valence-corrected chi connectivity index (χ2v) is 11.3. The first-order chi connectivity index (χ1) is 19.4. The molecule has 3 N–H and O–H groups in total. The molecule has 0 heterocycles. The zero-order chi connectivity index (χ0) is 28.5. The first kappa shape index (κ1) is 30.7. The Kier molecular flexibility index (Phi) is 11.6. The van der Waals surface area contributed by atoms with Crippen LogP contribution >= 0.6 is 34.8 Å². The largest absolute Gasteiger partial charge is 0.490 e. The van der Waals surface area contributed by atoms with Crippen LogP contribution in [0.5, 0.6) is 11.5 Å². The number of halogens is 3. The van der Waals surface area contributed by atoms with Crippen LogP contribution in [0, 0.1) is 5.92 Å². The van der Waals surface area contributed by atoms with Crippen molar-refractivity contribution in [1.82, 2.24) is 5.32 Å². The fraction of sp³-hybridized carbons (Fsp3) is 0.375. The molecule has 3 aromatic rings. The quantitative estimate of drug-likeness (QED) is 0.135. The molecule has 0 radical (unpaired) electrons. The lowest BCUT2D eigenvalue weighted by Crippen LogP contribution is -2.22. The van der Waals surface area contributed by atoms with Gasteiger partial charge in [0.2, 0.25) is 0 Å². The zero-order valence-corrected chi connectivity index (χ0v) is 25.1. The lowest BCUT2D eigenvalue weighted by molar-refractivity contribution is 0.195. The molecule has 0 amide bonds. The van der Waals surface area contributed by atoms with Gasteiger partial charge < -0.3 is 25.3 Å². The van der Waals surface area contributed by atoms with Gasteiger partial charge in [-0.3, -0.25) is 0 Å². The number of methoxy groups -OCH3 is 1. The summed E-state index contributed by atoms with van der Waals surface area (Å²) in [4.78, 5) is 0. The summed E-state index contributed by atoms with van der Waals surface area (Å²) in [6, 6.07) is 18.5. The molecule has 1 fully saturated rings. The monoisotopic (exact) mass is 602 g/mol. The second-order valence-electron chi connectivity index (χ2n) is 10.1. The van der Waals surface area contributed by atoms with E-state index in [0.717, 1.165) is 47.8 Å². The third-order valence-corrected chi connectivity index (χ3v) is 8.04. The zero-order valence-electron chi connectivity index (χ0n) is 22.8. The van der Waals surface area contributed by atoms with E-state index in [1.165, 1.54) is 11.1 Å². The van der Waals surface area contributed by atoms with Crippen LogP contribution in [-0.4, -0.2) is 39.0 Å². The van der Waals surface area contributed by atoms with Crippen LogP contribution in [0.2, 0.25) is 15.1 Å². The minimum absolute atomic E-state index is 0.126. The number of rotatable bonds is 16. The van der Waals surface area contributed by atoms with Crippen molar-refractivity contribution in [3.8, 4) is 11.5 Å². The van der Waals surface area contributed by atoms with Gasteiger partial charge in [0.05, 0.1) is 10.0 Å². The maximum Gasteiger partial charge on any atom is 0.156 e. The SMILES string of the molecule is C=CCc1cc(Cl)c(OCCOc2ccc(CC3C(N)C3NCc3cc(CCCOC)ccc3Cl)cc2)c(Cl)c1. The minimum atomic E-state index is 0.126. The second kappa shape index (κ2) is 15.1. The van der Waals surface area contributed by atoms with Crippen LogP contribution < -0.4 is 20.5 Å². The van der Waals surface area contributed by atoms with E-state index in [2.05, 4.69) is 36.2 Å². The lowest BCUT2D eigenvalue weighted by atomic mass is 10.1. The highest BCUT2D eigenvalue weighted by Crippen LogP contribution is 2.35. The number of allylic oxidation sites excluding steroid dienone is 1. The van der Waals surface area contributed by atoms with E-state index in [4.69, 9.17) is 54.7 Å². The Morgan fingerprint density at radius 1 is 0.875 bits per heavy atom. The van der Waals surface area contributed by atoms with Crippen molar-refractivity contribution in [2.45, 2.75) is 44.3 Å². The van der Waals surface area contributed by atoms with E-state index in [1.807, 2.05) is 30.3 Å². The van der Waals surface area contributed by atoms with E-state index in [1.54, 1.807) is 13.2 Å². The highest BCUT2D eigenvalue weighted by atomic mass is 35.5. The molecule has 214 valence electrons. The topological polar surface area (TPSA) is 65.7 Å². The molecule has 3 atom stereocenters. The van der Waals surface area contributed by atoms with Gasteiger partial charge in [-0.05, 0) is 84.2 Å². The van der Waals surface area contributed by atoms with Crippen molar-refractivity contribution in [2.24, 2.45) is 11.7 Å². The van der Waals surface area contributed by atoms with Crippen LogP contribution in [0.4, 0.5) is 0 Å². The summed E-state index contributed by atoms with van der Waals surface area (Å²) >= 11 is 19.1. The molecular formula is C32H37Cl3N2O3. The van der Waals surface area contributed by atoms with Crippen molar-refractivity contribution >= 4 is 34.8 Å². The molecule has 0 aromatic heterocycles. The number of ether oxygens (including phenoxy) is 3. The summed E-state index contributed by atoms with van der Waals surface area (Å²) in [7, 11) is 1.73. The Morgan fingerprint density at radius 2 is 1.57 bits per heavy atom. The van der Waals surface area contributed by atoms with Gasteiger partial charge in [-0.1, -0.05) is 65.1 Å². The number of hydrogen-bond donors (Lipinski definition) is 2. The van der Waals surface area contributed by atoms with Crippen molar-refractivity contribution in [1.29, 1.82) is 0 Å². The molecule has 5 nitrogen and oxygen atoms in total. The summed E-state index contributed by atoms with van der Waals surface area (Å²) in [5.41, 5.74) is 11.0. The van der Waals surface area contributed by atoms with Gasteiger partial charge in [-0.15, -0.1) is 6.58 Å². The van der Waals surface area contributed by atoms with Crippen molar-refractivity contribution in [2.75, 3.05) is 26.9 Å². The molecule has 40 heavy (non-hydrogen) atoms. The number of aryl methyl sites for hydroxylation is 1. The molecule has 3 unspecified atom stereocenters. The Labute approximate surface area is 252 Å². The van der Waals surface area contributed by atoms with Crippen LogP contribution in [-0.2, 0) is 30.5 Å². The van der Waals surface area contributed by atoms with Gasteiger partial charge in [0.1, 0.15) is 19.0 Å². The van der Waals surface area contributed by atoms with Crippen molar-refractivity contribution < 1.29 is 14.2 Å². The smallest absolute Gasteiger partial charge is 0.156 e. The molecule has 1 aliphatic rings. The van der Waals surface area contributed by atoms with Gasteiger partial charge in [-0.25, -0.2) is 0 Å². The summed E-state index contributed by atoms with van der Waals surface area (Å²) in [6.07, 6.45) is 5.38. The van der Waals surface area contributed by atoms with Gasteiger partial charge in [-0.2, -0.15) is 0 Å². The molecule has 1 aliphatic carbocycles. The Morgan fingerprint density at radius 3 is 2.27 bits per heavy atom.